The molecule has 2 rings (SSSR count). The summed E-state index contributed by atoms with van der Waals surface area (Å²) in [4.78, 5) is 0. The second kappa shape index (κ2) is 3.71. The third-order valence-electron chi connectivity index (χ3n) is 3.03. The van der Waals surface area contributed by atoms with Gasteiger partial charge in [-0.3, -0.25) is 0 Å². The number of hydrogen-bond acceptors (Lipinski definition) is 2. The van der Waals surface area contributed by atoms with Crippen LogP contribution in [0.4, 0.5) is 0 Å². The summed E-state index contributed by atoms with van der Waals surface area (Å²) < 4.78 is 0. The van der Waals surface area contributed by atoms with Crippen LogP contribution in [-0.2, 0) is 0 Å². The van der Waals surface area contributed by atoms with Crippen molar-refractivity contribution in [2.24, 2.45) is 5.41 Å². The minimum absolute atomic E-state index is 0.115. The summed E-state index contributed by atoms with van der Waals surface area (Å²) in [6.07, 6.45) is 5.59. The van der Waals surface area contributed by atoms with Crippen molar-refractivity contribution in [1.82, 2.24) is 0 Å². The summed E-state index contributed by atoms with van der Waals surface area (Å²) in [6, 6.07) is 7.22. The molecule has 1 aliphatic carbocycles. The van der Waals surface area contributed by atoms with Crippen molar-refractivity contribution in [3.8, 4) is 5.75 Å². The van der Waals surface area contributed by atoms with Gasteiger partial charge in [0.15, 0.2) is 0 Å². The van der Waals surface area contributed by atoms with E-state index in [-0.39, 0.29) is 17.1 Å². The molecule has 0 bridgehead atoms. The molecular formula is C14H16O2. The van der Waals surface area contributed by atoms with Crippen LogP contribution < -0.4 is 0 Å². The Balaban J connectivity index is 2.36. The van der Waals surface area contributed by atoms with E-state index in [0.717, 1.165) is 5.56 Å². The highest BCUT2D eigenvalue weighted by atomic mass is 16.3. The lowest BCUT2D eigenvalue weighted by atomic mass is 9.72. The maximum atomic E-state index is 9.49. The lowest BCUT2D eigenvalue weighted by Crippen LogP contribution is -2.21. The van der Waals surface area contributed by atoms with Gasteiger partial charge in [0.05, 0.1) is 0 Å². The molecule has 0 aliphatic heterocycles. The highest BCUT2D eigenvalue weighted by Gasteiger charge is 2.29. The van der Waals surface area contributed by atoms with Crippen LogP contribution in [-0.4, -0.2) is 10.2 Å². The molecule has 16 heavy (non-hydrogen) atoms. The second-order valence-corrected chi connectivity index (χ2v) is 4.82. The molecule has 0 spiro atoms. The molecule has 1 aromatic carbocycles. The topological polar surface area (TPSA) is 40.5 Å². The molecule has 1 atom stereocenters. The number of phenolic OH excluding ortho intramolecular Hbond substituents is 1. The van der Waals surface area contributed by atoms with E-state index in [1.54, 1.807) is 18.2 Å². The first kappa shape index (κ1) is 10.8. The van der Waals surface area contributed by atoms with E-state index in [4.69, 9.17) is 0 Å². The standard InChI is InChI=1S/C14H16O2/c1-14(2)9-12(16)7-8-13(14)10-3-5-11(15)6-4-10/h3-9,13,15-16H,1-2H3. The molecule has 1 aromatic rings. The maximum absolute atomic E-state index is 9.49. The van der Waals surface area contributed by atoms with Gasteiger partial charge in [0, 0.05) is 5.92 Å². The molecule has 0 heterocycles. The Labute approximate surface area is 95.6 Å². The van der Waals surface area contributed by atoms with Gasteiger partial charge in [-0.15, -0.1) is 0 Å². The molecule has 1 unspecified atom stereocenters. The molecule has 0 fully saturated rings. The van der Waals surface area contributed by atoms with Crippen molar-refractivity contribution in [2.75, 3.05) is 0 Å². The molecule has 0 aromatic heterocycles. The van der Waals surface area contributed by atoms with E-state index in [9.17, 15) is 10.2 Å². The molecule has 2 N–H and O–H groups in total. The zero-order valence-corrected chi connectivity index (χ0v) is 9.51. The molecular weight excluding hydrogens is 200 g/mol. The summed E-state index contributed by atoms with van der Waals surface area (Å²) in [5.74, 6) is 0.823. The minimum atomic E-state index is -0.115. The van der Waals surface area contributed by atoms with E-state index >= 15 is 0 Å². The van der Waals surface area contributed by atoms with Gasteiger partial charge in [-0.2, -0.15) is 0 Å². The monoisotopic (exact) mass is 216 g/mol. The number of hydrogen-bond donors (Lipinski definition) is 2. The number of allylic oxidation sites excluding steroid dienone is 3. The van der Waals surface area contributed by atoms with Crippen molar-refractivity contribution < 1.29 is 10.2 Å². The number of phenols is 1. The van der Waals surface area contributed by atoms with E-state index in [1.165, 1.54) is 0 Å². The Bertz CT molecular complexity index is 438. The van der Waals surface area contributed by atoms with Crippen LogP contribution in [0.3, 0.4) is 0 Å². The van der Waals surface area contributed by atoms with Crippen molar-refractivity contribution in [2.45, 2.75) is 19.8 Å². The first-order valence-corrected chi connectivity index (χ1v) is 5.38. The number of aliphatic hydroxyl groups excluding tert-OH is 1. The Morgan fingerprint density at radius 2 is 1.69 bits per heavy atom. The first-order chi connectivity index (χ1) is 7.49. The van der Waals surface area contributed by atoms with E-state index in [0.29, 0.717) is 5.76 Å². The predicted octanol–water partition coefficient (Wildman–Crippen LogP) is 3.51. The molecule has 2 heteroatoms. The van der Waals surface area contributed by atoms with Gasteiger partial charge in [0.25, 0.3) is 0 Å². The van der Waals surface area contributed by atoms with Gasteiger partial charge in [0.2, 0.25) is 0 Å². The zero-order chi connectivity index (χ0) is 11.8. The molecule has 1 aliphatic rings. The van der Waals surface area contributed by atoms with Crippen LogP contribution >= 0.6 is 0 Å². The summed E-state index contributed by atoms with van der Waals surface area (Å²) in [7, 11) is 0. The molecule has 2 nitrogen and oxygen atoms in total. The first-order valence-electron chi connectivity index (χ1n) is 5.38. The lowest BCUT2D eigenvalue weighted by molar-refractivity contribution is 0.364. The number of benzene rings is 1. The third-order valence-corrected chi connectivity index (χ3v) is 3.03. The second-order valence-electron chi connectivity index (χ2n) is 4.82. The number of aliphatic hydroxyl groups is 1. The predicted molar refractivity (Wildman–Crippen MR) is 64.5 cm³/mol. The third kappa shape index (κ3) is 1.96. The Kier molecular flexibility index (Phi) is 2.50. The highest BCUT2D eigenvalue weighted by molar-refractivity contribution is 5.37. The molecule has 0 amide bonds. The van der Waals surface area contributed by atoms with E-state index in [2.05, 4.69) is 13.8 Å². The average molecular weight is 216 g/mol. The minimum Gasteiger partial charge on any atom is -0.508 e. The average Bonchev–Trinajstić information content (AvgIpc) is 2.18. The van der Waals surface area contributed by atoms with Crippen LogP contribution in [0.5, 0.6) is 5.75 Å². The fraction of sp³-hybridized carbons (Fsp3) is 0.286. The maximum Gasteiger partial charge on any atom is 0.115 e. The summed E-state index contributed by atoms with van der Waals surface area (Å²) in [6.45, 7) is 4.18. The van der Waals surface area contributed by atoms with Gasteiger partial charge in [-0.1, -0.05) is 32.1 Å². The van der Waals surface area contributed by atoms with Crippen LogP contribution in [0.1, 0.15) is 25.3 Å². The van der Waals surface area contributed by atoms with E-state index in [1.807, 2.05) is 24.3 Å². The van der Waals surface area contributed by atoms with Crippen LogP contribution in [0.25, 0.3) is 0 Å². The summed E-state index contributed by atoms with van der Waals surface area (Å²) in [5.41, 5.74) is 1.03. The molecule has 84 valence electrons. The number of aromatic hydroxyl groups is 1. The molecule has 0 saturated carbocycles. The lowest BCUT2D eigenvalue weighted by Gasteiger charge is -2.32. The van der Waals surface area contributed by atoms with Crippen molar-refractivity contribution in [3.05, 3.63) is 53.8 Å². The quantitative estimate of drug-likeness (QED) is 0.754. The van der Waals surface area contributed by atoms with Crippen LogP contribution in [0.15, 0.2) is 48.3 Å². The van der Waals surface area contributed by atoms with Gasteiger partial charge in [-0.25, -0.2) is 0 Å². The van der Waals surface area contributed by atoms with Crippen LogP contribution in [0, 0.1) is 5.41 Å². The molecule has 0 saturated heterocycles. The smallest absolute Gasteiger partial charge is 0.115 e. The number of rotatable bonds is 1. The zero-order valence-electron chi connectivity index (χ0n) is 9.51. The van der Waals surface area contributed by atoms with Crippen LogP contribution in [0.2, 0.25) is 0 Å². The van der Waals surface area contributed by atoms with Gasteiger partial charge >= 0.3 is 0 Å². The SMILES string of the molecule is CC1(C)C=C(O)C=CC1c1ccc(O)cc1. The largest absolute Gasteiger partial charge is 0.508 e. The normalized spacial score (nSPS) is 22.9. The molecule has 0 radical (unpaired) electrons. The van der Waals surface area contributed by atoms with Crippen molar-refractivity contribution in [1.29, 1.82) is 0 Å². The summed E-state index contributed by atoms with van der Waals surface area (Å²) in [5, 5.41) is 18.7. The Morgan fingerprint density at radius 1 is 1.06 bits per heavy atom. The Morgan fingerprint density at radius 3 is 2.25 bits per heavy atom. The van der Waals surface area contributed by atoms with Crippen molar-refractivity contribution in [3.63, 3.8) is 0 Å². The highest BCUT2D eigenvalue weighted by Crippen LogP contribution is 2.41. The van der Waals surface area contributed by atoms with Gasteiger partial charge in [0.1, 0.15) is 11.5 Å². The Hall–Kier alpha value is -1.70. The fourth-order valence-corrected chi connectivity index (χ4v) is 2.18. The summed E-state index contributed by atoms with van der Waals surface area (Å²) >= 11 is 0. The van der Waals surface area contributed by atoms with Gasteiger partial charge in [-0.05, 0) is 35.3 Å². The van der Waals surface area contributed by atoms with E-state index < -0.39 is 0 Å². The van der Waals surface area contributed by atoms with Gasteiger partial charge < -0.3 is 10.2 Å². The van der Waals surface area contributed by atoms with Crippen molar-refractivity contribution >= 4 is 0 Å². The fourth-order valence-electron chi connectivity index (χ4n) is 2.18.